The SMILES string of the molecule is CSc1ncc(N(C)c2cc(C#N)cc([N+](=O)[O-])c2)c(NC(C)C)n1. The molecule has 130 valence electrons. The molecular weight excluding hydrogens is 340 g/mol. The van der Waals surface area contributed by atoms with Gasteiger partial charge in [0, 0.05) is 30.9 Å². The maximum absolute atomic E-state index is 11.1. The molecule has 0 aliphatic carbocycles. The van der Waals surface area contributed by atoms with Crippen molar-refractivity contribution in [2.45, 2.75) is 25.0 Å². The molecule has 0 aliphatic rings. The smallest absolute Gasteiger partial charge is 0.272 e. The number of nitro groups is 1. The van der Waals surface area contributed by atoms with Gasteiger partial charge in [-0.2, -0.15) is 5.26 Å². The number of hydrogen-bond donors (Lipinski definition) is 1. The molecular formula is C16H18N6O2S. The van der Waals surface area contributed by atoms with Crippen LogP contribution in [-0.4, -0.2) is 34.2 Å². The molecule has 2 aromatic rings. The Kier molecular flexibility index (Phi) is 5.77. The zero-order valence-corrected chi connectivity index (χ0v) is 15.2. The van der Waals surface area contributed by atoms with Gasteiger partial charge >= 0.3 is 0 Å². The van der Waals surface area contributed by atoms with Gasteiger partial charge in [-0.3, -0.25) is 10.1 Å². The normalized spacial score (nSPS) is 10.4. The third kappa shape index (κ3) is 4.36. The molecule has 0 aliphatic heterocycles. The third-order valence-electron chi connectivity index (χ3n) is 3.35. The van der Waals surface area contributed by atoms with E-state index in [1.54, 1.807) is 24.2 Å². The number of hydrogen-bond acceptors (Lipinski definition) is 8. The summed E-state index contributed by atoms with van der Waals surface area (Å²) in [7, 11) is 1.75. The quantitative estimate of drug-likeness (QED) is 0.361. The number of anilines is 3. The first-order valence-corrected chi connectivity index (χ1v) is 8.69. The monoisotopic (exact) mass is 358 g/mol. The Morgan fingerprint density at radius 1 is 1.40 bits per heavy atom. The summed E-state index contributed by atoms with van der Waals surface area (Å²) >= 11 is 1.43. The van der Waals surface area contributed by atoms with Crippen LogP contribution in [0.25, 0.3) is 0 Å². The number of non-ortho nitro benzene ring substituents is 1. The third-order valence-corrected chi connectivity index (χ3v) is 3.91. The molecule has 1 aromatic heterocycles. The number of nitriles is 1. The van der Waals surface area contributed by atoms with Gasteiger partial charge in [-0.15, -0.1) is 0 Å². The van der Waals surface area contributed by atoms with Gasteiger partial charge in [-0.05, 0) is 26.2 Å². The van der Waals surface area contributed by atoms with E-state index in [1.807, 2.05) is 26.2 Å². The number of nitrogens with zero attached hydrogens (tertiary/aromatic N) is 5. The summed E-state index contributed by atoms with van der Waals surface area (Å²) in [5.41, 5.74) is 1.26. The van der Waals surface area contributed by atoms with E-state index in [2.05, 4.69) is 15.3 Å². The molecule has 1 N–H and O–H groups in total. The topological polar surface area (TPSA) is 108 Å². The molecule has 0 amide bonds. The van der Waals surface area contributed by atoms with Crippen LogP contribution in [0.1, 0.15) is 19.4 Å². The Bertz CT molecular complexity index is 834. The van der Waals surface area contributed by atoms with Gasteiger partial charge in [0.1, 0.15) is 5.69 Å². The number of thioether (sulfide) groups is 1. The lowest BCUT2D eigenvalue weighted by Crippen LogP contribution is -2.18. The first-order valence-electron chi connectivity index (χ1n) is 7.46. The fraction of sp³-hybridized carbons (Fsp3) is 0.312. The van der Waals surface area contributed by atoms with Crippen molar-refractivity contribution in [3.8, 4) is 6.07 Å². The Balaban J connectivity index is 2.53. The van der Waals surface area contributed by atoms with Crippen LogP contribution in [0.4, 0.5) is 22.9 Å². The Hall–Kier alpha value is -2.86. The van der Waals surface area contributed by atoms with Crippen LogP contribution in [0.15, 0.2) is 29.6 Å². The summed E-state index contributed by atoms with van der Waals surface area (Å²) in [6, 6.07) is 6.36. The highest BCUT2D eigenvalue weighted by Crippen LogP contribution is 2.33. The van der Waals surface area contributed by atoms with E-state index in [-0.39, 0.29) is 17.3 Å². The highest BCUT2D eigenvalue weighted by atomic mass is 32.2. The average molecular weight is 358 g/mol. The lowest BCUT2D eigenvalue weighted by molar-refractivity contribution is -0.384. The Morgan fingerprint density at radius 2 is 2.12 bits per heavy atom. The predicted octanol–water partition coefficient (Wildman–Crippen LogP) is 3.57. The molecule has 0 saturated carbocycles. The van der Waals surface area contributed by atoms with E-state index in [9.17, 15) is 10.1 Å². The van der Waals surface area contributed by atoms with Gasteiger partial charge < -0.3 is 10.2 Å². The summed E-state index contributed by atoms with van der Waals surface area (Å²) in [6.45, 7) is 3.98. The van der Waals surface area contributed by atoms with Crippen LogP contribution < -0.4 is 10.2 Å². The standard InChI is InChI=1S/C16H18N6O2S/c1-10(2)19-15-14(9-18-16(20-15)25-4)21(3)12-5-11(8-17)6-13(7-12)22(23)24/h5-7,9-10H,1-4H3,(H,18,19,20). The largest absolute Gasteiger partial charge is 0.366 e. The van der Waals surface area contributed by atoms with E-state index in [4.69, 9.17) is 5.26 Å². The van der Waals surface area contributed by atoms with Gasteiger partial charge in [0.25, 0.3) is 5.69 Å². The zero-order chi connectivity index (χ0) is 18.6. The summed E-state index contributed by atoms with van der Waals surface area (Å²) < 4.78 is 0. The van der Waals surface area contributed by atoms with Crippen molar-refractivity contribution < 1.29 is 4.92 Å². The highest BCUT2D eigenvalue weighted by molar-refractivity contribution is 7.98. The van der Waals surface area contributed by atoms with Crippen LogP contribution in [-0.2, 0) is 0 Å². The van der Waals surface area contributed by atoms with Crippen molar-refractivity contribution in [1.29, 1.82) is 5.26 Å². The van der Waals surface area contributed by atoms with E-state index < -0.39 is 4.92 Å². The number of benzene rings is 1. The number of rotatable bonds is 6. The number of nitrogens with one attached hydrogen (secondary N) is 1. The molecule has 0 atom stereocenters. The molecule has 0 bridgehead atoms. The van der Waals surface area contributed by atoms with Crippen LogP contribution in [0, 0.1) is 21.4 Å². The summed E-state index contributed by atoms with van der Waals surface area (Å²) in [5.74, 6) is 0.627. The van der Waals surface area contributed by atoms with Crippen molar-refractivity contribution in [3.05, 3.63) is 40.1 Å². The molecule has 1 aromatic carbocycles. The lowest BCUT2D eigenvalue weighted by atomic mass is 10.1. The molecule has 0 unspecified atom stereocenters. The molecule has 25 heavy (non-hydrogen) atoms. The molecule has 1 heterocycles. The van der Waals surface area contributed by atoms with Crippen molar-refractivity contribution in [2.24, 2.45) is 0 Å². The number of aromatic nitrogens is 2. The zero-order valence-electron chi connectivity index (χ0n) is 14.3. The maximum Gasteiger partial charge on any atom is 0.272 e. The van der Waals surface area contributed by atoms with E-state index in [0.29, 0.717) is 22.3 Å². The first-order chi connectivity index (χ1) is 11.8. The average Bonchev–Trinajstić information content (AvgIpc) is 2.59. The minimum atomic E-state index is -0.515. The molecule has 0 fully saturated rings. The van der Waals surface area contributed by atoms with Crippen molar-refractivity contribution >= 4 is 34.6 Å². The van der Waals surface area contributed by atoms with Crippen LogP contribution in [0.2, 0.25) is 0 Å². The van der Waals surface area contributed by atoms with Gasteiger partial charge in [-0.1, -0.05) is 11.8 Å². The van der Waals surface area contributed by atoms with Crippen molar-refractivity contribution in [1.82, 2.24) is 9.97 Å². The predicted molar refractivity (Wildman–Crippen MR) is 98.4 cm³/mol. The molecule has 2 rings (SSSR count). The minimum Gasteiger partial charge on any atom is -0.366 e. The maximum atomic E-state index is 11.1. The fourth-order valence-electron chi connectivity index (χ4n) is 2.18. The first kappa shape index (κ1) is 18.5. The second-order valence-electron chi connectivity index (χ2n) is 5.56. The van der Waals surface area contributed by atoms with Crippen LogP contribution >= 0.6 is 11.8 Å². The second-order valence-corrected chi connectivity index (χ2v) is 6.33. The summed E-state index contributed by atoms with van der Waals surface area (Å²) in [4.78, 5) is 21.1. The molecule has 8 nitrogen and oxygen atoms in total. The van der Waals surface area contributed by atoms with Gasteiger partial charge in [-0.25, -0.2) is 9.97 Å². The van der Waals surface area contributed by atoms with E-state index in [0.717, 1.165) is 0 Å². The summed E-state index contributed by atoms with van der Waals surface area (Å²) in [6.07, 6.45) is 3.55. The van der Waals surface area contributed by atoms with Gasteiger partial charge in [0.05, 0.1) is 22.8 Å². The highest BCUT2D eigenvalue weighted by Gasteiger charge is 2.17. The van der Waals surface area contributed by atoms with E-state index >= 15 is 0 Å². The molecule has 0 radical (unpaired) electrons. The van der Waals surface area contributed by atoms with Crippen molar-refractivity contribution in [3.63, 3.8) is 0 Å². The van der Waals surface area contributed by atoms with Crippen molar-refractivity contribution in [2.75, 3.05) is 23.5 Å². The summed E-state index contributed by atoms with van der Waals surface area (Å²) in [5, 5.41) is 24.1. The minimum absolute atomic E-state index is 0.138. The fourth-order valence-corrected chi connectivity index (χ4v) is 2.52. The molecule has 0 saturated heterocycles. The van der Waals surface area contributed by atoms with Crippen LogP contribution in [0.5, 0.6) is 0 Å². The number of nitro benzene ring substituents is 1. The van der Waals surface area contributed by atoms with Gasteiger partial charge in [0.15, 0.2) is 11.0 Å². The Labute approximate surface area is 150 Å². The molecule has 9 heteroatoms. The van der Waals surface area contributed by atoms with E-state index in [1.165, 1.54) is 23.9 Å². The second kappa shape index (κ2) is 7.81. The van der Waals surface area contributed by atoms with Crippen LogP contribution in [0.3, 0.4) is 0 Å². The van der Waals surface area contributed by atoms with Gasteiger partial charge in [0.2, 0.25) is 0 Å². The molecule has 0 spiro atoms. The lowest BCUT2D eigenvalue weighted by Gasteiger charge is -2.23. The Morgan fingerprint density at radius 3 is 2.68 bits per heavy atom.